The Morgan fingerprint density at radius 1 is 1.12 bits per heavy atom. The van der Waals surface area contributed by atoms with E-state index in [-0.39, 0.29) is 35.6 Å². The molecule has 176 valence electrons. The second kappa shape index (κ2) is 9.47. The molecule has 8 nitrogen and oxygen atoms in total. The fraction of sp³-hybridized carbons (Fsp3) is 0.520. The largest absolute Gasteiger partial charge is 0.393 e. The summed E-state index contributed by atoms with van der Waals surface area (Å²) >= 11 is 0. The van der Waals surface area contributed by atoms with E-state index in [4.69, 9.17) is 5.73 Å². The van der Waals surface area contributed by atoms with E-state index in [9.17, 15) is 14.7 Å². The quantitative estimate of drug-likeness (QED) is 0.733. The molecule has 2 aliphatic heterocycles. The number of aliphatic hydroxyl groups is 1. The van der Waals surface area contributed by atoms with E-state index in [0.717, 1.165) is 22.5 Å². The van der Waals surface area contributed by atoms with Crippen molar-refractivity contribution in [1.82, 2.24) is 19.8 Å². The highest BCUT2D eigenvalue weighted by atomic mass is 16.3. The first kappa shape index (κ1) is 23.2. The van der Waals surface area contributed by atoms with Crippen LogP contribution < -0.4 is 5.73 Å². The Hall–Kier alpha value is -3.00. The Morgan fingerprint density at radius 3 is 2.42 bits per heavy atom. The lowest BCUT2D eigenvalue weighted by Crippen LogP contribution is -2.46. The molecule has 8 heteroatoms. The maximum atomic E-state index is 13.5. The summed E-state index contributed by atoms with van der Waals surface area (Å²) in [5.74, 6) is 0.166. The highest BCUT2D eigenvalue weighted by Crippen LogP contribution is 2.42. The van der Waals surface area contributed by atoms with Crippen LogP contribution in [-0.4, -0.2) is 68.5 Å². The fourth-order valence-corrected chi connectivity index (χ4v) is 5.59. The monoisotopic (exact) mass is 451 g/mol. The van der Waals surface area contributed by atoms with Gasteiger partial charge in [-0.25, -0.2) is 9.97 Å². The van der Waals surface area contributed by atoms with E-state index in [0.29, 0.717) is 38.9 Å². The van der Waals surface area contributed by atoms with Gasteiger partial charge in [-0.05, 0) is 37.8 Å². The number of aliphatic hydroxyl groups excluding tert-OH is 1. The molecule has 1 aromatic heterocycles. The SMILES string of the molecule is CC(=O)N1CC[C@@H](O)[C@@H]2[C@@H](C1)N(C(=O)CCc1c(C)nc(N)nc1C)C[C@H]2c1ccccc1. The number of carbonyl (C=O) groups excluding carboxylic acids is 2. The molecule has 2 amide bonds. The van der Waals surface area contributed by atoms with Gasteiger partial charge in [0.1, 0.15) is 0 Å². The third-order valence-corrected chi connectivity index (χ3v) is 7.27. The van der Waals surface area contributed by atoms with Gasteiger partial charge >= 0.3 is 0 Å². The van der Waals surface area contributed by atoms with Crippen molar-refractivity contribution < 1.29 is 14.7 Å². The van der Waals surface area contributed by atoms with Crippen LogP contribution in [0.5, 0.6) is 0 Å². The molecule has 0 saturated carbocycles. The average Bonchev–Trinajstić information content (AvgIpc) is 3.06. The number of aromatic nitrogens is 2. The molecule has 2 aromatic rings. The van der Waals surface area contributed by atoms with Gasteiger partial charge in [0.2, 0.25) is 17.8 Å². The third-order valence-electron chi connectivity index (χ3n) is 7.27. The first-order valence-electron chi connectivity index (χ1n) is 11.6. The van der Waals surface area contributed by atoms with E-state index in [1.54, 1.807) is 11.8 Å². The van der Waals surface area contributed by atoms with Crippen molar-refractivity contribution in [3.05, 3.63) is 52.8 Å². The molecule has 33 heavy (non-hydrogen) atoms. The highest BCUT2D eigenvalue weighted by Gasteiger charge is 2.49. The number of aryl methyl sites for hydroxylation is 2. The number of likely N-dealkylation sites (tertiary alicyclic amines) is 2. The van der Waals surface area contributed by atoms with Gasteiger partial charge in [-0.15, -0.1) is 0 Å². The molecule has 0 aliphatic carbocycles. The number of hydrogen-bond acceptors (Lipinski definition) is 6. The van der Waals surface area contributed by atoms with E-state index >= 15 is 0 Å². The fourth-order valence-electron chi connectivity index (χ4n) is 5.59. The van der Waals surface area contributed by atoms with Crippen LogP contribution in [0.4, 0.5) is 5.95 Å². The Bertz CT molecular complexity index is 1000. The predicted molar refractivity (Wildman–Crippen MR) is 125 cm³/mol. The molecule has 4 atom stereocenters. The molecule has 0 bridgehead atoms. The van der Waals surface area contributed by atoms with Crippen molar-refractivity contribution in [2.24, 2.45) is 5.92 Å². The van der Waals surface area contributed by atoms with Gasteiger partial charge in [0.15, 0.2) is 0 Å². The van der Waals surface area contributed by atoms with Gasteiger partial charge in [-0.3, -0.25) is 9.59 Å². The van der Waals surface area contributed by atoms with Crippen molar-refractivity contribution in [1.29, 1.82) is 0 Å². The summed E-state index contributed by atoms with van der Waals surface area (Å²) < 4.78 is 0. The number of nitrogens with zero attached hydrogens (tertiary/aromatic N) is 4. The third kappa shape index (κ3) is 4.71. The number of nitrogen functional groups attached to an aromatic ring is 1. The topological polar surface area (TPSA) is 113 Å². The van der Waals surface area contributed by atoms with Gasteiger partial charge in [-0.1, -0.05) is 30.3 Å². The summed E-state index contributed by atoms with van der Waals surface area (Å²) in [6, 6.07) is 9.87. The van der Waals surface area contributed by atoms with Gasteiger partial charge in [-0.2, -0.15) is 0 Å². The minimum absolute atomic E-state index is 0.0244. The Balaban J connectivity index is 1.60. The molecule has 2 saturated heterocycles. The number of benzene rings is 1. The summed E-state index contributed by atoms with van der Waals surface area (Å²) in [6.45, 7) is 6.82. The van der Waals surface area contributed by atoms with Crippen LogP contribution in [0.3, 0.4) is 0 Å². The summed E-state index contributed by atoms with van der Waals surface area (Å²) in [5.41, 5.74) is 9.39. The zero-order chi connectivity index (χ0) is 23.7. The second-order valence-corrected chi connectivity index (χ2v) is 9.26. The average molecular weight is 452 g/mol. The van der Waals surface area contributed by atoms with Crippen LogP contribution in [0.1, 0.15) is 48.2 Å². The molecule has 3 N–H and O–H groups in total. The van der Waals surface area contributed by atoms with Gasteiger partial charge < -0.3 is 20.6 Å². The van der Waals surface area contributed by atoms with E-state index in [2.05, 4.69) is 22.1 Å². The van der Waals surface area contributed by atoms with Gasteiger partial charge in [0, 0.05) is 56.2 Å². The van der Waals surface area contributed by atoms with Gasteiger partial charge in [0.25, 0.3) is 0 Å². The Kier molecular flexibility index (Phi) is 6.65. The molecule has 1 aromatic carbocycles. The Labute approximate surface area is 194 Å². The summed E-state index contributed by atoms with van der Waals surface area (Å²) in [4.78, 5) is 37.9. The number of rotatable bonds is 4. The van der Waals surface area contributed by atoms with Crippen LogP contribution in [0.25, 0.3) is 0 Å². The van der Waals surface area contributed by atoms with Crippen LogP contribution >= 0.6 is 0 Å². The second-order valence-electron chi connectivity index (χ2n) is 9.26. The normalized spacial score (nSPS) is 25.0. The predicted octanol–water partition coefficient (Wildman–Crippen LogP) is 1.83. The molecular weight excluding hydrogens is 418 g/mol. The summed E-state index contributed by atoms with van der Waals surface area (Å²) in [7, 11) is 0. The molecule has 3 heterocycles. The molecule has 0 unspecified atom stereocenters. The minimum atomic E-state index is -0.572. The molecule has 0 spiro atoms. The summed E-state index contributed by atoms with van der Waals surface area (Å²) in [5, 5.41) is 11.1. The van der Waals surface area contributed by atoms with Crippen LogP contribution in [0.15, 0.2) is 30.3 Å². The number of anilines is 1. The highest BCUT2D eigenvalue weighted by molar-refractivity contribution is 5.78. The standard InChI is InChI=1S/C25H33N5O3/c1-15-19(16(2)28-25(26)27-15)9-10-23(33)30-13-20(18-7-5-4-6-8-18)24-21(30)14-29(17(3)31)12-11-22(24)32/h4-8,20-22,24,32H,9-14H2,1-3H3,(H2,26,27,28)/t20-,21+,22+,24-/m0/s1. The number of fused-ring (bicyclic) bond motifs is 1. The van der Waals surface area contributed by atoms with E-state index in [1.807, 2.05) is 36.9 Å². The minimum Gasteiger partial charge on any atom is -0.393 e. The number of amides is 2. The maximum absolute atomic E-state index is 13.5. The molecular formula is C25H33N5O3. The van der Waals surface area contributed by atoms with E-state index in [1.165, 1.54) is 0 Å². The smallest absolute Gasteiger partial charge is 0.223 e. The summed E-state index contributed by atoms with van der Waals surface area (Å²) in [6.07, 6.45) is 0.792. The van der Waals surface area contributed by atoms with Crippen molar-refractivity contribution in [2.45, 2.75) is 58.1 Å². The van der Waals surface area contributed by atoms with E-state index < -0.39 is 6.10 Å². The van der Waals surface area contributed by atoms with Crippen LogP contribution in [-0.2, 0) is 16.0 Å². The number of nitrogens with two attached hydrogens (primary N) is 1. The van der Waals surface area contributed by atoms with Crippen LogP contribution in [0.2, 0.25) is 0 Å². The van der Waals surface area contributed by atoms with Crippen molar-refractivity contribution in [2.75, 3.05) is 25.4 Å². The van der Waals surface area contributed by atoms with Crippen molar-refractivity contribution >= 4 is 17.8 Å². The van der Waals surface area contributed by atoms with Crippen molar-refractivity contribution in [3.8, 4) is 0 Å². The molecule has 4 rings (SSSR count). The lowest BCUT2D eigenvalue weighted by molar-refractivity contribution is -0.135. The number of carbonyl (C=O) groups is 2. The lowest BCUT2D eigenvalue weighted by atomic mass is 9.81. The zero-order valence-corrected chi connectivity index (χ0v) is 19.6. The molecule has 2 aliphatic rings. The Morgan fingerprint density at radius 2 is 1.79 bits per heavy atom. The zero-order valence-electron chi connectivity index (χ0n) is 19.6. The molecule has 0 radical (unpaired) electrons. The van der Waals surface area contributed by atoms with Crippen molar-refractivity contribution in [3.63, 3.8) is 0 Å². The van der Waals surface area contributed by atoms with Crippen LogP contribution in [0, 0.1) is 19.8 Å². The van der Waals surface area contributed by atoms with Gasteiger partial charge in [0.05, 0.1) is 12.1 Å². The maximum Gasteiger partial charge on any atom is 0.223 e. The number of hydrogen-bond donors (Lipinski definition) is 2. The first-order valence-corrected chi connectivity index (χ1v) is 11.6. The lowest BCUT2D eigenvalue weighted by Gasteiger charge is -2.31. The first-order chi connectivity index (χ1) is 15.8. The molecule has 2 fully saturated rings.